The summed E-state index contributed by atoms with van der Waals surface area (Å²) in [5, 5.41) is 0. The second kappa shape index (κ2) is 6.15. The number of ether oxygens (including phenoxy) is 1. The van der Waals surface area contributed by atoms with Crippen LogP contribution in [0.2, 0.25) is 0 Å². The average Bonchev–Trinajstić information content (AvgIpc) is 2.27. The summed E-state index contributed by atoms with van der Waals surface area (Å²) in [6, 6.07) is 4.16. The van der Waals surface area contributed by atoms with Crippen LogP contribution in [0.4, 0.5) is 4.39 Å². The van der Waals surface area contributed by atoms with Gasteiger partial charge in [-0.05, 0) is 30.5 Å². The van der Waals surface area contributed by atoms with E-state index in [0.717, 1.165) is 0 Å². The molecule has 0 aromatic heterocycles. The summed E-state index contributed by atoms with van der Waals surface area (Å²) < 4.78 is 40.2. The minimum atomic E-state index is -2.97. The minimum Gasteiger partial charge on any atom is -0.494 e. The third-order valence-corrected chi connectivity index (χ3v) is 3.66. The van der Waals surface area contributed by atoms with Crippen molar-refractivity contribution in [1.29, 1.82) is 0 Å². The van der Waals surface area contributed by atoms with Gasteiger partial charge >= 0.3 is 0 Å². The van der Waals surface area contributed by atoms with Gasteiger partial charge in [0.15, 0.2) is 11.6 Å². The van der Waals surface area contributed by atoms with Crippen molar-refractivity contribution in [3.8, 4) is 5.75 Å². The molecule has 1 rings (SSSR count). The highest BCUT2D eigenvalue weighted by Crippen LogP contribution is 2.23. The summed E-state index contributed by atoms with van der Waals surface area (Å²) in [6.07, 6.45) is 2.15. The summed E-state index contributed by atoms with van der Waals surface area (Å²) in [7, 11) is -1.58. The maximum Gasteiger partial charge on any atom is 0.165 e. The number of halogens is 1. The van der Waals surface area contributed by atoms with E-state index in [2.05, 4.69) is 0 Å². The molecular formula is C12H18FNO3S. The van der Waals surface area contributed by atoms with Crippen LogP contribution >= 0.6 is 0 Å². The van der Waals surface area contributed by atoms with E-state index in [1.807, 2.05) is 0 Å². The Morgan fingerprint density at radius 1 is 1.44 bits per heavy atom. The Kier molecular flexibility index (Phi) is 5.10. The fourth-order valence-electron chi connectivity index (χ4n) is 1.65. The van der Waals surface area contributed by atoms with Crippen molar-refractivity contribution in [3.05, 3.63) is 29.6 Å². The van der Waals surface area contributed by atoms with Crippen LogP contribution in [-0.2, 0) is 9.84 Å². The van der Waals surface area contributed by atoms with Crippen LogP contribution in [0.1, 0.15) is 24.4 Å². The van der Waals surface area contributed by atoms with Gasteiger partial charge in [0.1, 0.15) is 9.84 Å². The van der Waals surface area contributed by atoms with Crippen LogP contribution in [-0.4, -0.2) is 27.5 Å². The zero-order chi connectivity index (χ0) is 13.8. The maximum absolute atomic E-state index is 13.4. The molecule has 0 heterocycles. The lowest BCUT2D eigenvalue weighted by molar-refractivity contribution is 0.385. The Morgan fingerprint density at radius 2 is 2.11 bits per heavy atom. The molecule has 18 heavy (non-hydrogen) atoms. The van der Waals surface area contributed by atoms with E-state index < -0.39 is 15.7 Å². The Morgan fingerprint density at radius 3 is 2.61 bits per heavy atom. The van der Waals surface area contributed by atoms with Crippen LogP contribution in [0.3, 0.4) is 0 Å². The molecule has 2 N–H and O–H groups in total. The van der Waals surface area contributed by atoms with Crippen molar-refractivity contribution in [2.45, 2.75) is 18.9 Å². The molecule has 0 fully saturated rings. The van der Waals surface area contributed by atoms with Crippen molar-refractivity contribution in [2.24, 2.45) is 5.73 Å². The Hall–Kier alpha value is -1.14. The number of hydrogen-bond donors (Lipinski definition) is 1. The van der Waals surface area contributed by atoms with E-state index in [-0.39, 0.29) is 17.5 Å². The lowest BCUT2D eigenvalue weighted by Crippen LogP contribution is -2.13. The lowest BCUT2D eigenvalue weighted by Gasteiger charge is -2.12. The standard InChI is InChI=1S/C12H18FNO3S/c1-17-12-6-5-9(8-10(12)13)11(14)4-3-7-18(2,15)16/h5-6,8,11H,3-4,7,14H2,1-2H3. The van der Waals surface area contributed by atoms with Crippen molar-refractivity contribution in [3.63, 3.8) is 0 Å². The van der Waals surface area contributed by atoms with Crippen molar-refractivity contribution in [1.82, 2.24) is 0 Å². The molecule has 1 unspecified atom stereocenters. The molecular weight excluding hydrogens is 257 g/mol. The molecule has 1 aromatic carbocycles. The van der Waals surface area contributed by atoms with Gasteiger partial charge in [-0.3, -0.25) is 0 Å². The summed E-state index contributed by atoms with van der Waals surface area (Å²) in [5.74, 6) is -0.199. The molecule has 0 amide bonds. The van der Waals surface area contributed by atoms with Crippen LogP contribution in [0, 0.1) is 5.82 Å². The predicted octanol–water partition coefficient (Wildman–Crippen LogP) is 1.66. The maximum atomic E-state index is 13.4. The van der Waals surface area contributed by atoms with Gasteiger partial charge in [-0.25, -0.2) is 12.8 Å². The quantitative estimate of drug-likeness (QED) is 0.857. The van der Waals surface area contributed by atoms with E-state index in [4.69, 9.17) is 10.5 Å². The Labute approximate surface area is 107 Å². The zero-order valence-corrected chi connectivity index (χ0v) is 11.3. The van der Waals surface area contributed by atoms with E-state index in [0.29, 0.717) is 18.4 Å². The number of nitrogens with two attached hydrogens (primary N) is 1. The highest BCUT2D eigenvalue weighted by Gasteiger charge is 2.11. The fourth-order valence-corrected chi connectivity index (χ4v) is 2.34. The van der Waals surface area contributed by atoms with Crippen LogP contribution in [0.25, 0.3) is 0 Å². The van der Waals surface area contributed by atoms with Crippen molar-refractivity contribution < 1.29 is 17.5 Å². The second-order valence-electron chi connectivity index (χ2n) is 4.27. The third kappa shape index (κ3) is 4.62. The molecule has 0 saturated heterocycles. The highest BCUT2D eigenvalue weighted by atomic mass is 32.2. The van der Waals surface area contributed by atoms with Gasteiger partial charge in [0.2, 0.25) is 0 Å². The van der Waals surface area contributed by atoms with Gasteiger partial charge in [0, 0.05) is 18.1 Å². The molecule has 0 spiro atoms. The molecule has 1 aromatic rings. The molecule has 102 valence electrons. The first-order chi connectivity index (χ1) is 8.33. The van der Waals surface area contributed by atoms with Gasteiger partial charge in [-0.15, -0.1) is 0 Å². The summed E-state index contributed by atoms with van der Waals surface area (Å²) in [6.45, 7) is 0. The number of sulfone groups is 1. The number of benzene rings is 1. The number of hydrogen-bond acceptors (Lipinski definition) is 4. The van der Waals surface area contributed by atoms with Gasteiger partial charge in [0.05, 0.1) is 7.11 Å². The molecule has 0 aliphatic rings. The Bertz CT molecular complexity index is 502. The molecule has 0 aliphatic heterocycles. The molecule has 0 saturated carbocycles. The largest absolute Gasteiger partial charge is 0.494 e. The molecule has 0 aliphatic carbocycles. The topological polar surface area (TPSA) is 69.4 Å². The fraction of sp³-hybridized carbons (Fsp3) is 0.500. The average molecular weight is 275 g/mol. The molecule has 0 bridgehead atoms. The van der Waals surface area contributed by atoms with E-state index >= 15 is 0 Å². The minimum absolute atomic E-state index is 0.0966. The molecule has 4 nitrogen and oxygen atoms in total. The Balaban J connectivity index is 2.62. The van der Waals surface area contributed by atoms with Crippen LogP contribution in [0.5, 0.6) is 5.75 Å². The number of methoxy groups -OCH3 is 1. The lowest BCUT2D eigenvalue weighted by atomic mass is 10.0. The van der Waals surface area contributed by atoms with Gasteiger partial charge in [-0.2, -0.15) is 0 Å². The van der Waals surface area contributed by atoms with Gasteiger partial charge < -0.3 is 10.5 Å². The molecule has 1 atom stereocenters. The highest BCUT2D eigenvalue weighted by molar-refractivity contribution is 7.90. The zero-order valence-electron chi connectivity index (χ0n) is 10.5. The SMILES string of the molecule is COc1ccc(C(N)CCCS(C)(=O)=O)cc1F. The smallest absolute Gasteiger partial charge is 0.165 e. The number of rotatable bonds is 6. The molecule has 0 radical (unpaired) electrons. The van der Waals surface area contributed by atoms with Crippen molar-refractivity contribution >= 4 is 9.84 Å². The summed E-state index contributed by atoms with van der Waals surface area (Å²) in [4.78, 5) is 0. The molecule has 6 heteroatoms. The van der Waals surface area contributed by atoms with Gasteiger partial charge in [-0.1, -0.05) is 6.07 Å². The summed E-state index contributed by atoms with van der Waals surface area (Å²) in [5.41, 5.74) is 6.52. The van der Waals surface area contributed by atoms with E-state index in [9.17, 15) is 12.8 Å². The predicted molar refractivity (Wildman–Crippen MR) is 68.8 cm³/mol. The normalized spacial score (nSPS) is 13.3. The second-order valence-corrected chi connectivity index (χ2v) is 6.53. The van der Waals surface area contributed by atoms with Crippen molar-refractivity contribution in [2.75, 3.05) is 19.1 Å². The first kappa shape index (κ1) is 14.9. The van der Waals surface area contributed by atoms with E-state index in [1.165, 1.54) is 25.5 Å². The first-order valence-corrected chi connectivity index (χ1v) is 7.66. The van der Waals surface area contributed by atoms with Crippen LogP contribution < -0.4 is 10.5 Å². The van der Waals surface area contributed by atoms with Gasteiger partial charge in [0.25, 0.3) is 0 Å². The summed E-state index contributed by atoms with van der Waals surface area (Å²) >= 11 is 0. The van der Waals surface area contributed by atoms with Crippen LogP contribution in [0.15, 0.2) is 18.2 Å². The third-order valence-electron chi connectivity index (χ3n) is 2.63. The first-order valence-electron chi connectivity index (χ1n) is 5.60. The van der Waals surface area contributed by atoms with E-state index in [1.54, 1.807) is 6.07 Å². The monoisotopic (exact) mass is 275 g/mol.